The lowest BCUT2D eigenvalue weighted by Gasteiger charge is -2.40. The molecule has 0 spiro atoms. The van der Waals surface area contributed by atoms with E-state index < -0.39 is 5.79 Å². The summed E-state index contributed by atoms with van der Waals surface area (Å²) in [4.78, 5) is 0. The highest BCUT2D eigenvalue weighted by Gasteiger charge is 2.37. The molecule has 1 atom stereocenters. The summed E-state index contributed by atoms with van der Waals surface area (Å²) in [6.45, 7) is 0.278. The van der Waals surface area contributed by atoms with Crippen LogP contribution in [0.2, 0.25) is 0 Å². The molecule has 0 aliphatic carbocycles. The van der Waals surface area contributed by atoms with Gasteiger partial charge in [-0.25, -0.2) is 0 Å². The zero-order valence-corrected chi connectivity index (χ0v) is 11.3. The van der Waals surface area contributed by atoms with E-state index in [1.807, 2.05) is 0 Å². The molecule has 1 aliphatic heterocycles. The topological polar surface area (TPSA) is 27.7 Å². The molecule has 0 bridgehead atoms. The molecule has 1 heterocycles. The Morgan fingerprint density at radius 3 is 2.27 bits per heavy atom. The summed E-state index contributed by atoms with van der Waals surface area (Å²) >= 11 is 12.6. The molecule has 6 heteroatoms. The average molecular weight is 270 g/mol. The van der Waals surface area contributed by atoms with Gasteiger partial charge in [-0.2, -0.15) is 37.9 Å². The summed E-state index contributed by atoms with van der Waals surface area (Å²) in [5, 5.41) is 0. The second-order valence-corrected chi connectivity index (χ2v) is 4.69. The Labute approximate surface area is 107 Å². The van der Waals surface area contributed by atoms with Gasteiger partial charge in [0.15, 0.2) is 18.9 Å². The lowest BCUT2D eigenvalue weighted by atomic mass is 10.1. The molecule has 1 unspecified atom stereocenters. The van der Waals surface area contributed by atoms with Gasteiger partial charge in [0.05, 0.1) is 0 Å². The standard InChI is InChI=1S/C9H18O3S3/c13-4-1-8-10-7-11-9(12-8,2-5-14)3-6-15/h8,13-15H,1-7H2. The Morgan fingerprint density at radius 1 is 1.07 bits per heavy atom. The highest BCUT2D eigenvalue weighted by molar-refractivity contribution is 7.80. The Balaban J connectivity index is 2.53. The molecule has 1 rings (SSSR count). The van der Waals surface area contributed by atoms with Crippen molar-refractivity contribution in [2.24, 2.45) is 0 Å². The minimum absolute atomic E-state index is 0.212. The molecule has 15 heavy (non-hydrogen) atoms. The van der Waals surface area contributed by atoms with Crippen LogP contribution < -0.4 is 0 Å². The van der Waals surface area contributed by atoms with E-state index in [4.69, 9.17) is 14.2 Å². The fraction of sp³-hybridized carbons (Fsp3) is 1.00. The van der Waals surface area contributed by atoms with Gasteiger partial charge in [0.2, 0.25) is 0 Å². The van der Waals surface area contributed by atoms with Gasteiger partial charge in [-0.1, -0.05) is 0 Å². The van der Waals surface area contributed by atoms with Crippen LogP contribution in [0.3, 0.4) is 0 Å². The van der Waals surface area contributed by atoms with Crippen LogP contribution in [0.4, 0.5) is 0 Å². The lowest BCUT2D eigenvalue weighted by Crippen LogP contribution is -2.46. The molecule has 1 saturated heterocycles. The number of thiol groups is 3. The van der Waals surface area contributed by atoms with Crippen molar-refractivity contribution in [1.29, 1.82) is 0 Å². The Hall–Kier alpha value is 0.930. The molecule has 3 nitrogen and oxygen atoms in total. The minimum atomic E-state index is -0.560. The van der Waals surface area contributed by atoms with Crippen LogP contribution in [-0.2, 0) is 14.2 Å². The van der Waals surface area contributed by atoms with E-state index in [1.165, 1.54) is 0 Å². The third-order valence-corrected chi connectivity index (χ3v) is 2.98. The Bertz CT molecular complexity index is 166. The van der Waals surface area contributed by atoms with Gasteiger partial charge in [-0.3, -0.25) is 0 Å². The van der Waals surface area contributed by atoms with Gasteiger partial charge in [0, 0.05) is 19.3 Å². The number of rotatable bonds is 6. The van der Waals surface area contributed by atoms with Crippen LogP contribution >= 0.6 is 37.9 Å². The summed E-state index contributed by atoms with van der Waals surface area (Å²) in [6, 6.07) is 0. The first-order valence-corrected chi connectivity index (χ1v) is 6.92. The second-order valence-electron chi connectivity index (χ2n) is 3.35. The minimum Gasteiger partial charge on any atom is -0.326 e. The summed E-state index contributed by atoms with van der Waals surface area (Å²) in [6.07, 6.45) is 2.07. The Kier molecular flexibility index (Phi) is 6.80. The molecule has 90 valence electrons. The lowest BCUT2D eigenvalue weighted by molar-refractivity contribution is -0.397. The zero-order valence-electron chi connectivity index (χ0n) is 8.59. The zero-order chi connectivity index (χ0) is 11.1. The molecular formula is C9H18O3S3. The fourth-order valence-electron chi connectivity index (χ4n) is 1.50. The molecule has 0 aromatic rings. The smallest absolute Gasteiger partial charge is 0.175 e. The van der Waals surface area contributed by atoms with E-state index in [9.17, 15) is 0 Å². The van der Waals surface area contributed by atoms with Crippen LogP contribution in [0, 0.1) is 0 Å². The quantitative estimate of drug-likeness (QED) is 0.645. The maximum atomic E-state index is 5.80. The highest BCUT2D eigenvalue weighted by atomic mass is 32.1. The predicted octanol–water partition coefficient (Wildman–Crippen LogP) is 1.99. The first-order valence-electron chi connectivity index (χ1n) is 5.02. The average Bonchev–Trinajstić information content (AvgIpc) is 2.19. The largest absolute Gasteiger partial charge is 0.326 e. The van der Waals surface area contributed by atoms with Crippen molar-refractivity contribution in [3.8, 4) is 0 Å². The van der Waals surface area contributed by atoms with Gasteiger partial charge in [0.25, 0.3) is 0 Å². The van der Waals surface area contributed by atoms with Gasteiger partial charge >= 0.3 is 0 Å². The molecule has 0 radical (unpaired) electrons. The van der Waals surface area contributed by atoms with E-state index in [0.717, 1.165) is 36.5 Å². The summed E-state index contributed by atoms with van der Waals surface area (Å²) in [5.41, 5.74) is 0. The molecule has 1 aliphatic rings. The highest BCUT2D eigenvalue weighted by Crippen LogP contribution is 2.30. The summed E-state index contributed by atoms with van der Waals surface area (Å²) in [7, 11) is 0. The molecular weight excluding hydrogens is 252 g/mol. The number of hydrogen-bond donors (Lipinski definition) is 3. The predicted molar refractivity (Wildman–Crippen MR) is 70.1 cm³/mol. The first kappa shape index (κ1) is 14.0. The third-order valence-electron chi connectivity index (χ3n) is 2.27. The van der Waals surface area contributed by atoms with Crippen LogP contribution in [0.25, 0.3) is 0 Å². The van der Waals surface area contributed by atoms with Crippen LogP contribution in [0.1, 0.15) is 19.3 Å². The fourth-order valence-corrected chi connectivity index (χ4v) is 2.39. The maximum Gasteiger partial charge on any atom is 0.175 e. The molecule has 0 N–H and O–H groups in total. The van der Waals surface area contributed by atoms with E-state index in [1.54, 1.807) is 0 Å². The van der Waals surface area contributed by atoms with Crippen molar-refractivity contribution in [3.05, 3.63) is 0 Å². The monoisotopic (exact) mass is 270 g/mol. The van der Waals surface area contributed by atoms with Crippen LogP contribution in [-0.4, -0.2) is 36.1 Å². The second kappa shape index (κ2) is 7.29. The van der Waals surface area contributed by atoms with Crippen LogP contribution in [0.5, 0.6) is 0 Å². The number of ether oxygens (including phenoxy) is 3. The molecule has 0 amide bonds. The van der Waals surface area contributed by atoms with Crippen molar-refractivity contribution in [2.45, 2.75) is 31.3 Å². The first-order chi connectivity index (χ1) is 7.26. The molecule has 0 aromatic heterocycles. The van der Waals surface area contributed by atoms with E-state index in [2.05, 4.69) is 37.9 Å². The summed E-state index contributed by atoms with van der Waals surface area (Å²) in [5.74, 6) is 1.63. The van der Waals surface area contributed by atoms with Crippen molar-refractivity contribution in [3.63, 3.8) is 0 Å². The molecule has 1 fully saturated rings. The van der Waals surface area contributed by atoms with Crippen molar-refractivity contribution in [2.75, 3.05) is 24.1 Å². The normalized spacial score (nSPS) is 25.4. The van der Waals surface area contributed by atoms with Gasteiger partial charge < -0.3 is 14.2 Å². The molecule has 0 saturated carbocycles. The van der Waals surface area contributed by atoms with E-state index in [0.29, 0.717) is 0 Å². The van der Waals surface area contributed by atoms with Gasteiger partial charge in [0.1, 0.15) is 0 Å². The summed E-state index contributed by atoms with van der Waals surface area (Å²) < 4.78 is 16.7. The van der Waals surface area contributed by atoms with Gasteiger partial charge in [-0.15, -0.1) is 0 Å². The van der Waals surface area contributed by atoms with Crippen LogP contribution in [0.15, 0.2) is 0 Å². The van der Waals surface area contributed by atoms with E-state index in [-0.39, 0.29) is 13.1 Å². The third kappa shape index (κ3) is 4.36. The van der Waals surface area contributed by atoms with E-state index >= 15 is 0 Å². The van der Waals surface area contributed by atoms with Crippen molar-refractivity contribution < 1.29 is 14.2 Å². The van der Waals surface area contributed by atoms with Crippen molar-refractivity contribution >= 4 is 37.9 Å². The van der Waals surface area contributed by atoms with Gasteiger partial charge in [-0.05, 0) is 17.3 Å². The van der Waals surface area contributed by atoms with Crippen molar-refractivity contribution in [1.82, 2.24) is 0 Å². The maximum absolute atomic E-state index is 5.80. The number of hydrogen-bond acceptors (Lipinski definition) is 6. The Morgan fingerprint density at radius 2 is 1.73 bits per heavy atom. The SMILES string of the molecule is SCCC1OCOC(CCS)(CCS)O1. The molecule has 0 aromatic carbocycles.